The molecule has 0 spiro atoms. The van der Waals surface area contributed by atoms with Gasteiger partial charge in [0.25, 0.3) is 0 Å². The van der Waals surface area contributed by atoms with E-state index in [1.807, 2.05) is 6.92 Å². The van der Waals surface area contributed by atoms with Gasteiger partial charge in [0.1, 0.15) is 5.82 Å². The number of nitrogens with two attached hydrogens (primary N) is 1. The van der Waals surface area contributed by atoms with Crippen molar-refractivity contribution in [3.63, 3.8) is 0 Å². The maximum Gasteiger partial charge on any atom is 0.148 e. The first-order valence-corrected chi connectivity index (χ1v) is 4.61. The number of hydrogen-bond donors (Lipinski definition) is 3. The molecule has 0 fully saturated rings. The van der Waals surface area contributed by atoms with Crippen molar-refractivity contribution in [2.24, 2.45) is 0 Å². The second-order valence-corrected chi connectivity index (χ2v) is 3.14. The number of para-hydroxylation sites is 1. The summed E-state index contributed by atoms with van der Waals surface area (Å²) in [4.78, 5) is 0. The summed E-state index contributed by atoms with van der Waals surface area (Å²) < 4.78 is 13.0. The van der Waals surface area contributed by atoms with E-state index < -0.39 is 11.9 Å². The fourth-order valence-corrected chi connectivity index (χ4v) is 1.06. The zero-order valence-electron chi connectivity index (χ0n) is 8.13. The van der Waals surface area contributed by atoms with E-state index in [0.717, 1.165) is 0 Å². The highest BCUT2D eigenvalue weighted by molar-refractivity contribution is 5.66. The minimum Gasteiger partial charge on any atom is -0.395 e. The van der Waals surface area contributed by atoms with Crippen LogP contribution in [0.4, 0.5) is 15.8 Å². The van der Waals surface area contributed by atoms with E-state index in [-0.39, 0.29) is 5.69 Å². The van der Waals surface area contributed by atoms with E-state index in [0.29, 0.717) is 18.7 Å². The summed E-state index contributed by atoms with van der Waals surface area (Å²) in [6.45, 7) is 2.26. The van der Waals surface area contributed by atoms with Crippen LogP contribution in [-0.2, 0) is 0 Å². The number of hydrogen-bond acceptors (Lipinski definition) is 3. The average molecular weight is 198 g/mol. The Kier molecular flexibility index (Phi) is 3.71. The monoisotopic (exact) mass is 198 g/mol. The van der Waals surface area contributed by atoms with Crippen molar-refractivity contribution in [3.05, 3.63) is 24.0 Å². The SMILES string of the molecule is CCC(O)CNc1cccc(F)c1N. The number of nitrogens with one attached hydrogen (secondary N) is 1. The van der Waals surface area contributed by atoms with Gasteiger partial charge in [0, 0.05) is 6.54 Å². The number of benzene rings is 1. The van der Waals surface area contributed by atoms with E-state index in [4.69, 9.17) is 5.73 Å². The third kappa shape index (κ3) is 2.60. The summed E-state index contributed by atoms with van der Waals surface area (Å²) in [5.74, 6) is -0.444. The first kappa shape index (κ1) is 10.8. The van der Waals surface area contributed by atoms with Gasteiger partial charge in [-0.25, -0.2) is 4.39 Å². The van der Waals surface area contributed by atoms with Gasteiger partial charge < -0.3 is 16.2 Å². The second-order valence-electron chi connectivity index (χ2n) is 3.14. The highest BCUT2D eigenvalue weighted by Gasteiger charge is 2.05. The molecular formula is C10H15FN2O. The van der Waals surface area contributed by atoms with Gasteiger partial charge in [0.15, 0.2) is 0 Å². The first-order chi connectivity index (χ1) is 6.65. The third-order valence-corrected chi connectivity index (χ3v) is 2.05. The van der Waals surface area contributed by atoms with Crippen LogP contribution in [0, 0.1) is 5.82 Å². The maximum atomic E-state index is 13.0. The molecule has 1 aromatic carbocycles. The Bertz CT molecular complexity index is 304. The Morgan fingerprint density at radius 2 is 2.29 bits per heavy atom. The van der Waals surface area contributed by atoms with Crippen LogP contribution in [0.25, 0.3) is 0 Å². The Balaban J connectivity index is 2.63. The van der Waals surface area contributed by atoms with Gasteiger partial charge in [0.2, 0.25) is 0 Å². The van der Waals surface area contributed by atoms with Crippen molar-refractivity contribution in [2.75, 3.05) is 17.6 Å². The molecular weight excluding hydrogens is 183 g/mol. The van der Waals surface area contributed by atoms with Crippen molar-refractivity contribution in [2.45, 2.75) is 19.4 Å². The number of aliphatic hydroxyl groups excluding tert-OH is 1. The van der Waals surface area contributed by atoms with Crippen molar-refractivity contribution < 1.29 is 9.50 Å². The molecule has 78 valence electrons. The molecule has 0 aliphatic heterocycles. The fourth-order valence-electron chi connectivity index (χ4n) is 1.06. The van der Waals surface area contributed by atoms with Gasteiger partial charge in [-0.3, -0.25) is 0 Å². The van der Waals surface area contributed by atoms with Crippen LogP contribution in [0.3, 0.4) is 0 Å². The third-order valence-electron chi connectivity index (χ3n) is 2.05. The topological polar surface area (TPSA) is 58.3 Å². The summed E-state index contributed by atoms with van der Waals surface area (Å²) in [5.41, 5.74) is 6.11. The molecule has 1 atom stereocenters. The minimum absolute atomic E-state index is 0.0933. The average Bonchev–Trinajstić information content (AvgIpc) is 2.20. The number of aliphatic hydroxyl groups is 1. The molecule has 0 aliphatic rings. The number of halogens is 1. The van der Waals surface area contributed by atoms with Gasteiger partial charge >= 0.3 is 0 Å². The number of anilines is 2. The normalized spacial score (nSPS) is 12.5. The molecule has 1 aromatic rings. The highest BCUT2D eigenvalue weighted by Crippen LogP contribution is 2.20. The molecule has 0 radical (unpaired) electrons. The van der Waals surface area contributed by atoms with E-state index >= 15 is 0 Å². The smallest absolute Gasteiger partial charge is 0.148 e. The van der Waals surface area contributed by atoms with Crippen LogP contribution in [0.5, 0.6) is 0 Å². The van der Waals surface area contributed by atoms with Crippen LogP contribution in [0.2, 0.25) is 0 Å². The van der Waals surface area contributed by atoms with Crippen LogP contribution in [-0.4, -0.2) is 17.8 Å². The Hall–Kier alpha value is -1.29. The van der Waals surface area contributed by atoms with Gasteiger partial charge in [-0.2, -0.15) is 0 Å². The van der Waals surface area contributed by atoms with Crippen LogP contribution in [0.15, 0.2) is 18.2 Å². The predicted octanol–water partition coefficient (Wildman–Crippen LogP) is 1.59. The summed E-state index contributed by atoms with van der Waals surface area (Å²) in [6, 6.07) is 4.56. The minimum atomic E-state index is -0.444. The van der Waals surface area contributed by atoms with Crippen molar-refractivity contribution >= 4 is 11.4 Å². The molecule has 0 saturated heterocycles. The number of rotatable bonds is 4. The largest absolute Gasteiger partial charge is 0.395 e. The summed E-state index contributed by atoms with van der Waals surface area (Å²) >= 11 is 0. The van der Waals surface area contributed by atoms with Crippen LogP contribution >= 0.6 is 0 Å². The molecule has 0 saturated carbocycles. The molecule has 0 amide bonds. The molecule has 14 heavy (non-hydrogen) atoms. The van der Waals surface area contributed by atoms with Gasteiger partial charge in [-0.15, -0.1) is 0 Å². The number of nitrogen functional groups attached to an aromatic ring is 1. The van der Waals surface area contributed by atoms with E-state index in [1.54, 1.807) is 12.1 Å². The van der Waals surface area contributed by atoms with Crippen molar-refractivity contribution in [1.29, 1.82) is 0 Å². The quantitative estimate of drug-likeness (QED) is 0.644. The summed E-state index contributed by atoms with van der Waals surface area (Å²) in [7, 11) is 0. The first-order valence-electron chi connectivity index (χ1n) is 4.61. The molecule has 1 rings (SSSR count). The van der Waals surface area contributed by atoms with Crippen LogP contribution in [0.1, 0.15) is 13.3 Å². The van der Waals surface area contributed by atoms with E-state index in [9.17, 15) is 9.50 Å². The molecule has 0 heterocycles. The van der Waals surface area contributed by atoms with Crippen molar-refractivity contribution in [3.8, 4) is 0 Å². The zero-order valence-corrected chi connectivity index (χ0v) is 8.13. The molecule has 4 heteroatoms. The van der Waals surface area contributed by atoms with Gasteiger partial charge in [-0.05, 0) is 18.6 Å². The lowest BCUT2D eigenvalue weighted by Gasteiger charge is -2.12. The molecule has 4 N–H and O–H groups in total. The van der Waals surface area contributed by atoms with Gasteiger partial charge in [0.05, 0.1) is 17.5 Å². The summed E-state index contributed by atoms with van der Waals surface area (Å²) in [6.07, 6.45) is 0.222. The Morgan fingerprint density at radius 1 is 1.57 bits per heavy atom. The lowest BCUT2D eigenvalue weighted by atomic mass is 10.2. The van der Waals surface area contributed by atoms with Crippen molar-refractivity contribution in [1.82, 2.24) is 0 Å². The van der Waals surface area contributed by atoms with E-state index in [2.05, 4.69) is 5.32 Å². The Morgan fingerprint density at radius 3 is 2.93 bits per heavy atom. The molecule has 3 nitrogen and oxygen atoms in total. The maximum absolute atomic E-state index is 13.0. The fraction of sp³-hybridized carbons (Fsp3) is 0.400. The highest BCUT2D eigenvalue weighted by atomic mass is 19.1. The lowest BCUT2D eigenvalue weighted by molar-refractivity contribution is 0.183. The molecule has 0 aromatic heterocycles. The zero-order chi connectivity index (χ0) is 10.6. The Labute approximate surface area is 82.7 Å². The lowest BCUT2D eigenvalue weighted by Crippen LogP contribution is -2.18. The standard InChI is InChI=1S/C10H15FN2O/c1-2-7(14)6-13-9-5-3-4-8(11)10(9)12/h3-5,7,13-14H,2,6,12H2,1H3. The molecule has 0 aliphatic carbocycles. The molecule has 0 bridgehead atoms. The van der Waals surface area contributed by atoms with E-state index in [1.165, 1.54) is 6.07 Å². The molecule has 1 unspecified atom stereocenters. The predicted molar refractivity (Wildman–Crippen MR) is 55.6 cm³/mol. The van der Waals surface area contributed by atoms with Gasteiger partial charge in [-0.1, -0.05) is 13.0 Å². The van der Waals surface area contributed by atoms with Crippen LogP contribution < -0.4 is 11.1 Å². The second kappa shape index (κ2) is 4.81. The summed E-state index contributed by atoms with van der Waals surface area (Å²) in [5, 5.41) is 12.2.